The number of carbonyl (C=O) groups is 3. The minimum atomic E-state index is -5.06. The second-order valence-corrected chi connectivity index (χ2v) is 19.6. The van der Waals surface area contributed by atoms with Crippen molar-refractivity contribution in [2.24, 2.45) is 0 Å². The second kappa shape index (κ2) is 19.9. The summed E-state index contributed by atoms with van der Waals surface area (Å²) in [4.78, 5) is 41.2. The Morgan fingerprint density at radius 3 is 2.04 bits per heavy atom. The zero-order valence-corrected chi connectivity index (χ0v) is 38.2. The van der Waals surface area contributed by atoms with Gasteiger partial charge in [0.25, 0.3) is 5.91 Å². The van der Waals surface area contributed by atoms with Gasteiger partial charge in [-0.05, 0) is 106 Å². The van der Waals surface area contributed by atoms with E-state index < -0.39 is 37.7 Å². The molecule has 362 valence electrons. The Kier molecular flexibility index (Phi) is 14.4. The number of aliphatic hydroxyl groups excluding tert-OH is 1. The average Bonchev–Trinajstić information content (AvgIpc) is 3.30. The van der Waals surface area contributed by atoms with Gasteiger partial charge in [-0.15, -0.1) is 0 Å². The number of nitrogens with one attached hydrogen (secondary N) is 2. The van der Waals surface area contributed by atoms with Crippen molar-refractivity contribution >= 4 is 41.9 Å². The maximum absolute atomic E-state index is 15.2. The summed E-state index contributed by atoms with van der Waals surface area (Å²) in [6, 6.07) is 8.90. The van der Waals surface area contributed by atoms with Crippen LogP contribution >= 0.6 is 7.60 Å². The van der Waals surface area contributed by atoms with Gasteiger partial charge in [-0.1, -0.05) is 0 Å². The lowest BCUT2D eigenvalue weighted by atomic mass is 9.81. The lowest BCUT2D eigenvalue weighted by Gasteiger charge is -2.39. The molecule has 20 heteroatoms. The fourth-order valence-electron chi connectivity index (χ4n) is 9.97. The number of nitrogens with zero attached hydrogens (tertiary/aromatic N) is 3. The number of aliphatic hydroxyl groups is 1. The molecule has 0 atom stereocenters. The van der Waals surface area contributed by atoms with Gasteiger partial charge in [0.1, 0.15) is 24.6 Å². The smallest absolute Gasteiger partial charge is 0.455 e. The summed E-state index contributed by atoms with van der Waals surface area (Å²) in [6.07, 6.45) is -3.01. The molecule has 3 aromatic carbocycles. The normalized spacial score (nSPS) is 16.3. The summed E-state index contributed by atoms with van der Waals surface area (Å²) >= 11 is 0. The summed E-state index contributed by atoms with van der Waals surface area (Å²) < 4.78 is 114. The van der Waals surface area contributed by atoms with Crippen molar-refractivity contribution in [2.45, 2.75) is 89.4 Å². The maximum atomic E-state index is 15.2. The Hall–Kier alpha value is -4.97. The maximum Gasteiger partial charge on any atom is 0.471 e. The van der Waals surface area contributed by atoms with E-state index in [0.717, 1.165) is 111 Å². The van der Waals surface area contributed by atoms with Crippen LogP contribution in [0, 0.1) is 0 Å². The number of anilines is 1. The molecule has 0 unspecified atom stereocenters. The molecule has 0 spiro atoms. The summed E-state index contributed by atoms with van der Waals surface area (Å²) in [5.41, 5.74) is 7.79. The van der Waals surface area contributed by atoms with E-state index in [4.69, 9.17) is 13.8 Å². The minimum absolute atomic E-state index is 0.0180. The molecule has 0 aliphatic carbocycles. The Morgan fingerprint density at radius 2 is 1.40 bits per heavy atom. The highest BCUT2D eigenvalue weighted by molar-refractivity contribution is 7.62. The van der Waals surface area contributed by atoms with Crippen LogP contribution in [0.25, 0.3) is 5.57 Å². The highest BCUT2D eigenvalue weighted by Gasteiger charge is 2.40. The molecule has 0 radical (unpaired) electrons. The molecule has 3 N–H and O–H groups in total. The molecule has 0 fully saturated rings. The number of hydrogen-bond acceptors (Lipinski definition) is 9. The number of likely N-dealkylation sites (N-methyl/N-ethyl adjacent to an activating group) is 1. The van der Waals surface area contributed by atoms with Crippen LogP contribution < -0.4 is 40.7 Å². The fourth-order valence-corrected chi connectivity index (χ4v) is 11.6. The number of amides is 3. The van der Waals surface area contributed by atoms with Crippen molar-refractivity contribution in [1.82, 2.24) is 20.1 Å². The first-order valence-electron chi connectivity index (χ1n) is 23.0. The Bertz CT molecular complexity index is 2570. The predicted octanol–water partition coefficient (Wildman–Crippen LogP) is 4.96. The van der Waals surface area contributed by atoms with E-state index in [-0.39, 0.29) is 76.0 Å². The number of carbonyl (C=O) groups excluding carboxylic acids is 3. The van der Waals surface area contributed by atoms with Gasteiger partial charge >= 0.3 is 31.8 Å². The Morgan fingerprint density at radius 1 is 0.791 bits per heavy atom. The Labute approximate surface area is 383 Å². The van der Waals surface area contributed by atoms with Crippen molar-refractivity contribution in [3.63, 3.8) is 0 Å². The third-order valence-corrected chi connectivity index (χ3v) is 15.0. The van der Waals surface area contributed by atoms with Gasteiger partial charge in [0.05, 0.1) is 30.7 Å². The molecular formula is C47H55F6N5O8P+. The number of aryl methyl sites for hydroxylation is 2. The third kappa shape index (κ3) is 10.1. The van der Waals surface area contributed by atoms with Crippen LogP contribution in [0.4, 0.5) is 32.0 Å². The van der Waals surface area contributed by atoms with E-state index in [1.807, 2.05) is 0 Å². The monoisotopic (exact) mass is 962 g/mol. The summed E-state index contributed by atoms with van der Waals surface area (Å²) in [5, 5.41) is 15.5. The van der Waals surface area contributed by atoms with Crippen LogP contribution in [-0.2, 0) is 48.9 Å². The first-order valence-corrected chi connectivity index (χ1v) is 24.6. The zero-order valence-electron chi connectivity index (χ0n) is 37.3. The van der Waals surface area contributed by atoms with E-state index in [2.05, 4.69) is 21.6 Å². The molecule has 0 saturated carbocycles. The van der Waals surface area contributed by atoms with Gasteiger partial charge in [-0.2, -0.15) is 26.3 Å². The van der Waals surface area contributed by atoms with Gasteiger partial charge in [-0.3, -0.25) is 18.9 Å². The largest absolute Gasteiger partial charge is 0.471 e. The molecule has 8 rings (SSSR count). The molecule has 0 saturated heterocycles. The number of hydrogen-bond donors (Lipinski definition) is 3. The van der Waals surface area contributed by atoms with Crippen molar-refractivity contribution < 1.29 is 64.2 Å². The van der Waals surface area contributed by atoms with Crippen molar-refractivity contribution in [2.75, 3.05) is 77.6 Å². The number of rotatable bonds is 17. The molecule has 5 heterocycles. The molecule has 5 aliphatic heterocycles. The van der Waals surface area contributed by atoms with Gasteiger partial charge < -0.3 is 39.3 Å². The Balaban J connectivity index is 1.26. The number of alkyl halides is 6. The SMILES string of the molecule is CN(CCO)C(=O)c1ccc(P(=O)(OCCCCNC(=O)C(F)(F)F)OCCCCNC(=O)C(F)(F)F)cc1C1=c2cc3c4c(c2Oc2c1cc1c5c2CCCN5CCC1)CCC[N+]=4CCC3. The second-order valence-electron chi connectivity index (χ2n) is 17.6. The summed E-state index contributed by atoms with van der Waals surface area (Å²) in [6.45, 7) is 2.16. The molecular weight excluding hydrogens is 908 g/mol. The molecule has 5 aliphatic rings. The van der Waals surface area contributed by atoms with Gasteiger partial charge in [0.15, 0.2) is 0 Å². The van der Waals surface area contributed by atoms with Crippen LogP contribution in [-0.4, -0.2) is 113 Å². The lowest BCUT2D eigenvalue weighted by Crippen LogP contribution is -2.45. The van der Waals surface area contributed by atoms with Gasteiger partial charge in [0, 0.05) is 91.3 Å². The number of halogens is 6. The van der Waals surface area contributed by atoms with E-state index in [0.29, 0.717) is 22.6 Å². The quantitative estimate of drug-likeness (QED) is 0.0579. The summed E-state index contributed by atoms with van der Waals surface area (Å²) in [5.74, 6) is -3.21. The third-order valence-electron chi connectivity index (χ3n) is 13.0. The first kappa shape index (κ1) is 48.5. The summed E-state index contributed by atoms with van der Waals surface area (Å²) in [7, 11) is -2.85. The first-order chi connectivity index (χ1) is 32.0. The van der Waals surface area contributed by atoms with E-state index in [1.54, 1.807) is 23.7 Å². The van der Waals surface area contributed by atoms with E-state index >= 15 is 4.57 Å². The van der Waals surface area contributed by atoms with E-state index in [9.17, 15) is 45.8 Å². The number of ether oxygens (including phenoxy) is 1. The minimum Gasteiger partial charge on any atom is -0.455 e. The van der Waals surface area contributed by atoms with Crippen molar-refractivity contribution in [3.05, 3.63) is 79.9 Å². The van der Waals surface area contributed by atoms with Crippen LogP contribution in [0.2, 0.25) is 0 Å². The van der Waals surface area contributed by atoms with Crippen molar-refractivity contribution in [1.29, 1.82) is 0 Å². The lowest BCUT2D eigenvalue weighted by molar-refractivity contribution is -0.173. The molecule has 3 aromatic rings. The standard InChI is InChI=1S/C47H54F6N5O8P/c1-56(22-23-59)43(60)32-15-14-31(67(63,64-24-4-2-16-54-44(61)46(48,49)50)65-25-5-3-17-55-45(62)47(51,52)53)28-35(32)38-36-26-29-10-6-18-57-20-8-12-33(39(29)57)41(36)66-42-34-13-9-21-58-19-7-11-30(40(34)58)27-37(38)42/h14-15,26-28,59H,2-13,16-25H2,1H3,(H-,54,55,61,62)/p+1. The molecule has 0 bridgehead atoms. The molecule has 13 nitrogen and oxygen atoms in total. The van der Waals surface area contributed by atoms with Crippen LogP contribution in [0.3, 0.4) is 0 Å². The van der Waals surface area contributed by atoms with Crippen LogP contribution in [0.15, 0.2) is 30.3 Å². The highest BCUT2D eigenvalue weighted by Crippen LogP contribution is 2.51. The number of unbranched alkanes of at least 4 members (excludes halogenated alkanes) is 2. The van der Waals surface area contributed by atoms with Gasteiger partial charge in [-0.25, -0.2) is 4.58 Å². The highest BCUT2D eigenvalue weighted by atomic mass is 31.2. The number of fused-ring (bicyclic) bond motifs is 4. The van der Waals surface area contributed by atoms with E-state index in [1.165, 1.54) is 28.1 Å². The number of benzene rings is 3. The molecule has 3 amide bonds. The van der Waals surface area contributed by atoms with Crippen LogP contribution in [0.1, 0.15) is 95.1 Å². The van der Waals surface area contributed by atoms with Crippen molar-refractivity contribution in [3.8, 4) is 11.5 Å². The van der Waals surface area contributed by atoms with Gasteiger partial charge in [0.2, 0.25) is 5.36 Å². The topological polar surface area (TPSA) is 150 Å². The predicted molar refractivity (Wildman–Crippen MR) is 237 cm³/mol. The fraction of sp³-hybridized carbons (Fsp3) is 0.532. The zero-order chi connectivity index (χ0) is 47.7. The van der Waals surface area contributed by atoms with Crippen LogP contribution in [0.5, 0.6) is 11.5 Å². The average molecular weight is 963 g/mol. The molecule has 0 aromatic heterocycles. The molecule has 67 heavy (non-hydrogen) atoms.